The smallest absolute Gasteiger partial charge is 0.188 e. The van der Waals surface area contributed by atoms with Crippen LogP contribution in [0.4, 0.5) is 0 Å². The molecular formula is C7H14OS2. The van der Waals surface area contributed by atoms with Crippen LogP contribution in [0.3, 0.4) is 0 Å². The van der Waals surface area contributed by atoms with Crippen molar-refractivity contribution in [3.63, 3.8) is 0 Å². The first-order valence-electron chi connectivity index (χ1n) is 3.57. The Morgan fingerprint density at radius 2 is 2.30 bits per heavy atom. The van der Waals surface area contributed by atoms with Gasteiger partial charge in [0.2, 0.25) is 0 Å². The van der Waals surface area contributed by atoms with Gasteiger partial charge >= 0.3 is 0 Å². The summed E-state index contributed by atoms with van der Waals surface area (Å²) in [6.07, 6.45) is 2.86. The minimum atomic E-state index is 0.316. The fourth-order valence-corrected chi connectivity index (χ4v) is 1.43. The van der Waals surface area contributed by atoms with Crippen molar-refractivity contribution in [2.75, 3.05) is 11.5 Å². The molecule has 0 aromatic heterocycles. The van der Waals surface area contributed by atoms with E-state index in [1.165, 1.54) is 11.8 Å². The van der Waals surface area contributed by atoms with Crippen LogP contribution in [-0.4, -0.2) is 16.6 Å². The minimum absolute atomic E-state index is 0.316. The lowest BCUT2D eigenvalue weighted by Crippen LogP contribution is -1.93. The molecule has 0 spiro atoms. The Bertz CT molecular complexity index is 83.6. The Labute approximate surface area is 72.4 Å². The fourth-order valence-electron chi connectivity index (χ4n) is 0.553. The summed E-state index contributed by atoms with van der Waals surface area (Å²) in [6.45, 7) is 2.09. The number of rotatable bonds is 5. The summed E-state index contributed by atoms with van der Waals surface area (Å²) >= 11 is 5.41. The molecule has 0 aromatic rings. The molecule has 0 N–H and O–H groups in total. The molecule has 1 nitrogen and oxygen atoms in total. The Kier molecular flexibility index (Phi) is 7.75. The van der Waals surface area contributed by atoms with Crippen LogP contribution in [0.5, 0.6) is 0 Å². The summed E-state index contributed by atoms with van der Waals surface area (Å²) in [6, 6.07) is 0. The molecule has 0 aliphatic heterocycles. The average Bonchev–Trinajstić information content (AvgIpc) is 1.97. The highest BCUT2D eigenvalue weighted by molar-refractivity contribution is 8.13. The summed E-state index contributed by atoms with van der Waals surface area (Å²) in [5, 5.41) is 0.316. The molecule has 0 atom stereocenters. The standard InChI is InChI=1S/C7H14OS2/c1-2-3-4-7(8)10-6-5-9/h9H,2-6H2,1H3. The Morgan fingerprint density at radius 1 is 1.60 bits per heavy atom. The second kappa shape index (κ2) is 7.48. The van der Waals surface area contributed by atoms with E-state index >= 15 is 0 Å². The summed E-state index contributed by atoms with van der Waals surface area (Å²) < 4.78 is 0. The predicted molar refractivity (Wildman–Crippen MR) is 50.8 cm³/mol. The monoisotopic (exact) mass is 178 g/mol. The molecule has 0 aliphatic rings. The van der Waals surface area contributed by atoms with Gasteiger partial charge in [-0.1, -0.05) is 25.1 Å². The molecule has 0 saturated carbocycles. The maximum absolute atomic E-state index is 10.9. The Morgan fingerprint density at radius 3 is 2.80 bits per heavy atom. The maximum Gasteiger partial charge on any atom is 0.188 e. The van der Waals surface area contributed by atoms with E-state index in [4.69, 9.17) is 0 Å². The molecule has 0 heterocycles. The van der Waals surface area contributed by atoms with Gasteiger partial charge in [-0.25, -0.2) is 0 Å². The van der Waals surface area contributed by atoms with Crippen LogP contribution in [0.2, 0.25) is 0 Å². The highest BCUT2D eigenvalue weighted by Gasteiger charge is 1.99. The van der Waals surface area contributed by atoms with Gasteiger partial charge in [-0.2, -0.15) is 12.6 Å². The summed E-state index contributed by atoms with van der Waals surface area (Å²) in [5.41, 5.74) is 0. The lowest BCUT2D eigenvalue weighted by atomic mass is 10.3. The van der Waals surface area contributed by atoms with Gasteiger partial charge in [0.05, 0.1) is 0 Å². The first kappa shape index (κ1) is 10.4. The normalized spacial score (nSPS) is 9.80. The van der Waals surface area contributed by atoms with Gasteiger partial charge in [-0.15, -0.1) is 0 Å². The van der Waals surface area contributed by atoms with E-state index in [9.17, 15) is 4.79 Å². The fraction of sp³-hybridized carbons (Fsp3) is 0.857. The third-order valence-corrected chi connectivity index (χ3v) is 2.55. The zero-order valence-electron chi connectivity index (χ0n) is 6.30. The van der Waals surface area contributed by atoms with Crippen molar-refractivity contribution in [2.45, 2.75) is 26.2 Å². The second-order valence-electron chi connectivity index (χ2n) is 2.05. The van der Waals surface area contributed by atoms with E-state index in [1.54, 1.807) is 0 Å². The van der Waals surface area contributed by atoms with Crippen LogP contribution in [0, 0.1) is 0 Å². The quantitative estimate of drug-likeness (QED) is 0.651. The third kappa shape index (κ3) is 6.49. The Balaban J connectivity index is 3.09. The van der Waals surface area contributed by atoms with Crippen molar-refractivity contribution in [3.05, 3.63) is 0 Å². The molecule has 10 heavy (non-hydrogen) atoms. The van der Waals surface area contributed by atoms with Crippen LogP contribution in [-0.2, 0) is 4.79 Å². The molecular weight excluding hydrogens is 164 g/mol. The lowest BCUT2D eigenvalue weighted by Gasteiger charge is -1.95. The van der Waals surface area contributed by atoms with Crippen molar-refractivity contribution in [2.24, 2.45) is 0 Å². The van der Waals surface area contributed by atoms with Crippen LogP contribution in [0.25, 0.3) is 0 Å². The third-order valence-electron chi connectivity index (χ3n) is 1.09. The number of hydrogen-bond donors (Lipinski definition) is 1. The van der Waals surface area contributed by atoms with Gasteiger partial charge in [-0.05, 0) is 12.2 Å². The van der Waals surface area contributed by atoms with Gasteiger partial charge < -0.3 is 0 Å². The number of thiol groups is 1. The molecule has 3 heteroatoms. The lowest BCUT2D eigenvalue weighted by molar-refractivity contribution is -0.111. The number of unbranched alkanes of at least 4 members (excludes halogenated alkanes) is 1. The average molecular weight is 178 g/mol. The van der Waals surface area contributed by atoms with E-state index in [-0.39, 0.29) is 0 Å². The number of carbonyl (C=O) groups excluding carboxylic acids is 1. The largest absolute Gasteiger partial charge is 0.287 e. The van der Waals surface area contributed by atoms with Crippen molar-refractivity contribution in [1.29, 1.82) is 0 Å². The first-order chi connectivity index (χ1) is 4.81. The van der Waals surface area contributed by atoms with Crippen LogP contribution in [0.1, 0.15) is 26.2 Å². The van der Waals surface area contributed by atoms with Crippen molar-refractivity contribution in [3.8, 4) is 0 Å². The zero-order chi connectivity index (χ0) is 7.82. The molecule has 0 rings (SSSR count). The number of carbonyl (C=O) groups is 1. The summed E-state index contributed by atoms with van der Waals surface area (Å²) in [7, 11) is 0. The molecule has 60 valence electrons. The highest BCUT2D eigenvalue weighted by atomic mass is 32.2. The van der Waals surface area contributed by atoms with Gasteiger partial charge in [0.1, 0.15) is 0 Å². The highest BCUT2D eigenvalue weighted by Crippen LogP contribution is 2.08. The molecule has 0 aromatic carbocycles. The second-order valence-corrected chi connectivity index (χ2v) is 3.65. The van der Waals surface area contributed by atoms with Crippen LogP contribution < -0.4 is 0 Å². The van der Waals surface area contributed by atoms with Crippen molar-refractivity contribution < 1.29 is 4.79 Å². The summed E-state index contributed by atoms with van der Waals surface area (Å²) in [5.74, 6) is 1.65. The maximum atomic E-state index is 10.9. The van der Waals surface area contributed by atoms with Crippen molar-refractivity contribution >= 4 is 29.5 Å². The molecule has 0 amide bonds. The van der Waals surface area contributed by atoms with Gasteiger partial charge in [0, 0.05) is 12.2 Å². The SMILES string of the molecule is CCCCC(=O)SCCS. The molecule has 0 aliphatic carbocycles. The summed E-state index contributed by atoms with van der Waals surface area (Å²) in [4.78, 5) is 10.9. The van der Waals surface area contributed by atoms with Crippen LogP contribution in [0.15, 0.2) is 0 Å². The van der Waals surface area contributed by atoms with E-state index < -0.39 is 0 Å². The molecule has 0 radical (unpaired) electrons. The number of hydrogen-bond acceptors (Lipinski definition) is 3. The molecule has 0 unspecified atom stereocenters. The van der Waals surface area contributed by atoms with Crippen molar-refractivity contribution in [1.82, 2.24) is 0 Å². The Hall–Kier alpha value is 0.370. The van der Waals surface area contributed by atoms with E-state index in [0.29, 0.717) is 5.12 Å². The molecule has 0 fully saturated rings. The topological polar surface area (TPSA) is 17.1 Å². The van der Waals surface area contributed by atoms with E-state index in [2.05, 4.69) is 19.6 Å². The minimum Gasteiger partial charge on any atom is -0.287 e. The number of thioether (sulfide) groups is 1. The molecule has 0 bridgehead atoms. The van der Waals surface area contributed by atoms with Gasteiger partial charge in [0.25, 0.3) is 0 Å². The van der Waals surface area contributed by atoms with Gasteiger partial charge in [0.15, 0.2) is 5.12 Å². The first-order valence-corrected chi connectivity index (χ1v) is 5.19. The van der Waals surface area contributed by atoms with E-state index in [0.717, 1.165) is 30.8 Å². The van der Waals surface area contributed by atoms with Crippen LogP contribution >= 0.6 is 24.4 Å². The zero-order valence-corrected chi connectivity index (χ0v) is 8.01. The van der Waals surface area contributed by atoms with Gasteiger partial charge in [-0.3, -0.25) is 4.79 Å². The predicted octanol–water partition coefficient (Wildman–Crippen LogP) is 2.37. The molecule has 0 saturated heterocycles. The van der Waals surface area contributed by atoms with E-state index in [1.807, 2.05) is 0 Å².